The molecule has 0 amide bonds. The summed E-state index contributed by atoms with van der Waals surface area (Å²) in [7, 11) is 1.70. The summed E-state index contributed by atoms with van der Waals surface area (Å²) in [4.78, 5) is 0. The minimum atomic E-state index is 0.716. The molecule has 0 atom stereocenters. The molecule has 0 aliphatic heterocycles. The maximum atomic E-state index is 4.99. The Balaban J connectivity index is 1.93. The van der Waals surface area contributed by atoms with E-state index in [2.05, 4.69) is 47.6 Å². The van der Waals surface area contributed by atoms with Crippen LogP contribution in [-0.4, -0.2) is 30.5 Å². The van der Waals surface area contributed by atoms with E-state index in [0.29, 0.717) is 6.61 Å². The van der Waals surface area contributed by atoms with Gasteiger partial charge in [-0.25, -0.2) is 0 Å². The fraction of sp³-hybridized carbons (Fsp3) is 0.467. The number of benzene rings is 1. The van der Waals surface area contributed by atoms with Crippen LogP contribution in [0.1, 0.15) is 26.7 Å². The van der Waals surface area contributed by atoms with Crippen LogP contribution < -0.4 is 5.32 Å². The molecule has 2 rings (SSSR count). The summed E-state index contributed by atoms with van der Waals surface area (Å²) >= 11 is 1.67. The lowest BCUT2D eigenvalue weighted by molar-refractivity contribution is 0.199. The minimum Gasteiger partial charge on any atom is -0.383 e. The summed E-state index contributed by atoms with van der Waals surface area (Å²) in [6, 6.07) is 6.54. The van der Waals surface area contributed by atoms with E-state index in [-0.39, 0.29) is 0 Å². The molecule has 1 heterocycles. The Labute approximate surface area is 124 Å². The van der Waals surface area contributed by atoms with Crippen molar-refractivity contribution in [2.45, 2.75) is 26.8 Å². The second-order valence-corrected chi connectivity index (χ2v) is 6.01. The number of hydrogen-bond acceptors (Lipinski definition) is 5. The van der Waals surface area contributed by atoms with Crippen LogP contribution in [0.15, 0.2) is 18.2 Å². The molecule has 0 saturated heterocycles. The zero-order valence-corrected chi connectivity index (χ0v) is 13.1. The predicted octanol–water partition coefficient (Wildman–Crippen LogP) is 2.48. The third kappa shape index (κ3) is 4.37. The van der Waals surface area contributed by atoms with E-state index in [9.17, 15) is 0 Å². The Morgan fingerprint density at radius 3 is 2.80 bits per heavy atom. The first kappa shape index (κ1) is 15.1. The Kier molecular flexibility index (Phi) is 5.64. The van der Waals surface area contributed by atoms with E-state index in [0.717, 1.165) is 29.5 Å². The smallest absolute Gasteiger partial charge is 0.131 e. The number of rotatable bonds is 7. The number of ether oxygens (including phenoxy) is 1. The molecule has 0 radical (unpaired) electrons. The minimum absolute atomic E-state index is 0.716. The van der Waals surface area contributed by atoms with Crippen molar-refractivity contribution in [3.05, 3.63) is 44.9 Å². The van der Waals surface area contributed by atoms with Gasteiger partial charge in [-0.15, -0.1) is 10.2 Å². The quantitative estimate of drug-likeness (QED) is 0.796. The van der Waals surface area contributed by atoms with E-state index in [1.54, 1.807) is 18.4 Å². The van der Waals surface area contributed by atoms with Gasteiger partial charge in [0.1, 0.15) is 10.0 Å². The highest BCUT2D eigenvalue weighted by molar-refractivity contribution is 7.11. The normalized spacial score (nSPS) is 10.9. The Bertz CT molecular complexity index is 554. The number of nitrogens with zero attached hydrogens (tertiary/aromatic N) is 2. The van der Waals surface area contributed by atoms with Crippen molar-refractivity contribution in [3.63, 3.8) is 0 Å². The van der Waals surface area contributed by atoms with Gasteiger partial charge in [0, 0.05) is 26.6 Å². The van der Waals surface area contributed by atoms with Crippen LogP contribution in [0.4, 0.5) is 0 Å². The van der Waals surface area contributed by atoms with Crippen molar-refractivity contribution in [3.8, 4) is 0 Å². The molecule has 5 heteroatoms. The summed E-state index contributed by atoms with van der Waals surface area (Å²) < 4.78 is 4.99. The first-order chi connectivity index (χ1) is 9.69. The molecule has 108 valence electrons. The monoisotopic (exact) mass is 291 g/mol. The lowest BCUT2D eigenvalue weighted by Gasteiger charge is -2.04. The summed E-state index contributed by atoms with van der Waals surface area (Å²) in [5.74, 6) is 0. The van der Waals surface area contributed by atoms with Gasteiger partial charge in [-0.05, 0) is 25.0 Å². The number of methoxy groups -OCH3 is 1. The molecule has 0 spiro atoms. The zero-order chi connectivity index (χ0) is 14.4. The van der Waals surface area contributed by atoms with Gasteiger partial charge in [-0.3, -0.25) is 0 Å². The molecule has 4 nitrogen and oxygen atoms in total. The molecule has 0 fully saturated rings. The van der Waals surface area contributed by atoms with Gasteiger partial charge in [0.15, 0.2) is 0 Å². The molecule has 20 heavy (non-hydrogen) atoms. The van der Waals surface area contributed by atoms with Gasteiger partial charge in [0.2, 0.25) is 0 Å². The van der Waals surface area contributed by atoms with Gasteiger partial charge < -0.3 is 10.1 Å². The topological polar surface area (TPSA) is 47.0 Å². The number of nitrogens with one attached hydrogen (secondary N) is 1. The van der Waals surface area contributed by atoms with Crippen molar-refractivity contribution in [1.82, 2.24) is 15.5 Å². The van der Waals surface area contributed by atoms with Gasteiger partial charge in [-0.1, -0.05) is 35.1 Å². The van der Waals surface area contributed by atoms with Crippen LogP contribution in [0.3, 0.4) is 0 Å². The highest BCUT2D eigenvalue weighted by atomic mass is 32.1. The Morgan fingerprint density at radius 2 is 2.00 bits per heavy atom. The molecule has 2 aromatic rings. The predicted molar refractivity (Wildman–Crippen MR) is 82.2 cm³/mol. The highest BCUT2D eigenvalue weighted by Gasteiger charge is 2.07. The van der Waals surface area contributed by atoms with Gasteiger partial charge in [0.05, 0.1) is 6.61 Å². The number of aromatic nitrogens is 2. The fourth-order valence-electron chi connectivity index (χ4n) is 1.95. The lowest BCUT2D eigenvalue weighted by atomic mass is 10.0. The first-order valence-electron chi connectivity index (χ1n) is 6.76. The van der Waals surface area contributed by atoms with Gasteiger partial charge in [-0.2, -0.15) is 0 Å². The number of aryl methyl sites for hydroxylation is 2. The van der Waals surface area contributed by atoms with Gasteiger partial charge in [0.25, 0.3) is 0 Å². The van der Waals surface area contributed by atoms with E-state index in [1.807, 2.05) is 0 Å². The average molecular weight is 291 g/mol. The third-order valence-electron chi connectivity index (χ3n) is 3.11. The third-order valence-corrected chi connectivity index (χ3v) is 4.04. The average Bonchev–Trinajstić information content (AvgIpc) is 2.87. The SMILES string of the molecule is COCCNCc1nnc(Cc2cc(C)ccc2C)s1. The summed E-state index contributed by atoms with van der Waals surface area (Å²) in [5.41, 5.74) is 3.93. The molecule has 0 saturated carbocycles. The zero-order valence-electron chi connectivity index (χ0n) is 12.3. The van der Waals surface area contributed by atoms with Crippen LogP contribution in [-0.2, 0) is 17.7 Å². The largest absolute Gasteiger partial charge is 0.383 e. The lowest BCUT2D eigenvalue weighted by Crippen LogP contribution is -2.18. The van der Waals surface area contributed by atoms with E-state index in [4.69, 9.17) is 4.74 Å². The molecule has 1 N–H and O–H groups in total. The van der Waals surface area contributed by atoms with E-state index >= 15 is 0 Å². The molecule has 1 aromatic heterocycles. The molecule has 0 unspecified atom stereocenters. The van der Waals surface area contributed by atoms with Crippen molar-refractivity contribution >= 4 is 11.3 Å². The highest BCUT2D eigenvalue weighted by Crippen LogP contribution is 2.18. The van der Waals surface area contributed by atoms with Crippen LogP contribution in [0.2, 0.25) is 0 Å². The summed E-state index contributed by atoms with van der Waals surface area (Å²) in [5, 5.41) is 13.9. The van der Waals surface area contributed by atoms with Crippen molar-refractivity contribution in [1.29, 1.82) is 0 Å². The fourth-order valence-corrected chi connectivity index (χ4v) is 2.79. The second-order valence-electron chi connectivity index (χ2n) is 4.87. The standard InChI is InChI=1S/C15H21N3OS/c1-11-4-5-12(2)13(8-11)9-14-17-18-15(20-14)10-16-6-7-19-3/h4-5,8,16H,6-7,9-10H2,1-3H3. The van der Waals surface area contributed by atoms with Crippen LogP contribution in [0.25, 0.3) is 0 Å². The van der Waals surface area contributed by atoms with Crippen LogP contribution >= 0.6 is 11.3 Å². The summed E-state index contributed by atoms with van der Waals surface area (Å²) in [6.45, 7) is 6.57. The van der Waals surface area contributed by atoms with Crippen LogP contribution in [0, 0.1) is 13.8 Å². The molecule has 1 aromatic carbocycles. The summed E-state index contributed by atoms with van der Waals surface area (Å²) in [6.07, 6.45) is 0.864. The van der Waals surface area contributed by atoms with Crippen LogP contribution in [0.5, 0.6) is 0 Å². The maximum absolute atomic E-state index is 4.99. The van der Waals surface area contributed by atoms with Crippen molar-refractivity contribution in [2.24, 2.45) is 0 Å². The molecular weight excluding hydrogens is 270 g/mol. The molecular formula is C15H21N3OS. The van der Waals surface area contributed by atoms with E-state index < -0.39 is 0 Å². The van der Waals surface area contributed by atoms with Crippen molar-refractivity contribution in [2.75, 3.05) is 20.3 Å². The van der Waals surface area contributed by atoms with E-state index in [1.165, 1.54) is 16.7 Å². The maximum Gasteiger partial charge on any atom is 0.131 e. The number of hydrogen-bond donors (Lipinski definition) is 1. The van der Waals surface area contributed by atoms with Gasteiger partial charge >= 0.3 is 0 Å². The Morgan fingerprint density at radius 1 is 1.20 bits per heavy atom. The first-order valence-corrected chi connectivity index (χ1v) is 7.57. The molecule has 0 bridgehead atoms. The Hall–Kier alpha value is -1.30. The van der Waals surface area contributed by atoms with Crippen molar-refractivity contribution < 1.29 is 4.74 Å². The second kappa shape index (κ2) is 7.47. The molecule has 0 aliphatic carbocycles. The molecule has 0 aliphatic rings.